The summed E-state index contributed by atoms with van der Waals surface area (Å²) in [4.78, 5) is 0. The van der Waals surface area contributed by atoms with Gasteiger partial charge in [-0.2, -0.15) is 35.1 Å². The van der Waals surface area contributed by atoms with Gasteiger partial charge in [-0.1, -0.05) is 12.2 Å². The van der Waals surface area contributed by atoms with Crippen LogP contribution in [0.4, 0.5) is 35.1 Å². The SMILES string of the molecule is FC(F)(F)C1=C(C(F)(F)C(F)(F)F)C=CCC1. The van der Waals surface area contributed by atoms with Crippen molar-refractivity contribution in [3.8, 4) is 0 Å². The first-order valence-corrected chi connectivity index (χ1v) is 4.40. The van der Waals surface area contributed by atoms with Crippen LogP contribution >= 0.6 is 0 Å². The highest BCUT2D eigenvalue weighted by Gasteiger charge is 2.61. The first kappa shape index (κ1) is 14.0. The van der Waals surface area contributed by atoms with Crippen LogP contribution in [0, 0.1) is 0 Å². The van der Waals surface area contributed by atoms with Crippen LogP contribution in [0.3, 0.4) is 0 Å². The van der Waals surface area contributed by atoms with Gasteiger partial charge in [0.15, 0.2) is 0 Å². The van der Waals surface area contributed by atoms with E-state index in [9.17, 15) is 35.1 Å². The molecule has 0 saturated carbocycles. The number of alkyl halides is 8. The molecule has 1 rings (SSSR count). The zero-order chi connectivity index (χ0) is 13.5. The van der Waals surface area contributed by atoms with Crippen LogP contribution in [0.1, 0.15) is 12.8 Å². The van der Waals surface area contributed by atoms with Crippen molar-refractivity contribution in [3.05, 3.63) is 23.3 Å². The molecule has 0 aromatic rings. The summed E-state index contributed by atoms with van der Waals surface area (Å²) in [6.45, 7) is 0. The predicted octanol–water partition coefficient (Wildman–Crippen LogP) is 4.39. The van der Waals surface area contributed by atoms with Crippen molar-refractivity contribution in [3.63, 3.8) is 0 Å². The van der Waals surface area contributed by atoms with Crippen molar-refractivity contribution in [1.29, 1.82) is 0 Å². The van der Waals surface area contributed by atoms with Gasteiger partial charge >= 0.3 is 18.3 Å². The molecule has 0 heterocycles. The average molecular weight is 266 g/mol. The molecular weight excluding hydrogens is 260 g/mol. The fraction of sp³-hybridized carbons (Fsp3) is 0.556. The van der Waals surface area contributed by atoms with Gasteiger partial charge in [-0.25, -0.2) is 0 Å². The Hall–Kier alpha value is -1.08. The largest absolute Gasteiger partial charge is 0.458 e. The van der Waals surface area contributed by atoms with Crippen LogP contribution in [0.15, 0.2) is 23.3 Å². The molecule has 0 fully saturated rings. The van der Waals surface area contributed by atoms with Crippen molar-refractivity contribution >= 4 is 0 Å². The maximum atomic E-state index is 12.9. The lowest BCUT2D eigenvalue weighted by Gasteiger charge is -2.26. The molecule has 0 amide bonds. The van der Waals surface area contributed by atoms with Gasteiger partial charge in [0.1, 0.15) is 0 Å². The molecule has 0 nitrogen and oxygen atoms in total. The van der Waals surface area contributed by atoms with E-state index in [1.807, 2.05) is 0 Å². The molecule has 1 aliphatic carbocycles. The van der Waals surface area contributed by atoms with Gasteiger partial charge in [0.2, 0.25) is 0 Å². The van der Waals surface area contributed by atoms with E-state index in [0.717, 1.165) is 6.08 Å². The Labute approximate surface area is 90.6 Å². The van der Waals surface area contributed by atoms with Gasteiger partial charge < -0.3 is 0 Å². The lowest BCUT2D eigenvalue weighted by atomic mass is 9.92. The summed E-state index contributed by atoms with van der Waals surface area (Å²) in [5, 5.41) is 0. The molecule has 0 spiro atoms. The summed E-state index contributed by atoms with van der Waals surface area (Å²) in [6.07, 6.45) is -11.3. The van der Waals surface area contributed by atoms with Crippen LogP contribution in [0.2, 0.25) is 0 Å². The molecule has 0 N–H and O–H groups in total. The Morgan fingerprint density at radius 1 is 0.882 bits per heavy atom. The number of rotatable bonds is 1. The third kappa shape index (κ3) is 2.61. The van der Waals surface area contributed by atoms with Crippen molar-refractivity contribution < 1.29 is 35.1 Å². The minimum atomic E-state index is -6.04. The fourth-order valence-corrected chi connectivity index (χ4v) is 1.41. The van der Waals surface area contributed by atoms with Crippen molar-refractivity contribution in [2.24, 2.45) is 0 Å². The van der Waals surface area contributed by atoms with Crippen LogP contribution in [-0.2, 0) is 0 Å². The molecular formula is C9H6F8. The van der Waals surface area contributed by atoms with E-state index in [2.05, 4.69) is 0 Å². The Kier molecular flexibility index (Phi) is 3.28. The summed E-state index contributed by atoms with van der Waals surface area (Å²) in [6, 6.07) is 0. The van der Waals surface area contributed by atoms with Crippen LogP contribution < -0.4 is 0 Å². The Morgan fingerprint density at radius 2 is 1.41 bits per heavy atom. The molecule has 1 aliphatic rings. The number of allylic oxidation sites excluding steroid dienone is 4. The van der Waals surface area contributed by atoms with Gasteiger partial charge in [-0.15, -0.1) is 0 Å². The van der Waals surface area contributed by atoms with Crippen LogP contribution in [-0.4, -0.2) is 18.3 Å². The normalized spacial score (nSPS) is 18.8. The molecule has 0 bridgehead atoms. The Bertz CT molecular complexity index is 354. The van der Waals surface area contributed by atoms with Crippen molar-refractivity contribution in [1.82, 2.24) is 0 Å². The highest BCUT2D eigenvalue weighted by molar-refractivity contribution is 5.38. The van der Waals surface area contributed by atoms with E-state index in [1.165, 1.54) is 0 Å². The minimum Gasteiger partial charge on any atom is -0.191 e. The standard InChI is InChI=1S/C9H6F8/c10-7(11,9(15,16)17)5-3-1-2-4-6(5)8(12,13)14/h1,3H,2,4H2. The zero-order valence-corrected chi connectivity index (χ0v) is 8.09. The lowest BCUT2D eigenvalue weighted by molar-refractivity contribution is -0.264. The van der Waals surface area contributed by atoms with E-state index in [4.69, 9.17) is 0 Å². The molecule has 0 aliphatic heterocycles. The van der Waals surface area contributed by atoms with Crippen LogP contribution in [0.5, 0.6) is 0 Å². The van der Waals surface area contributed by atoms with E-state index >= 15 is 0 Å². The van der Waals surface area contributed by atoms with Crippen LogP contribution in [0.25, 0.3) is 0 Å². The van der Waals surface area contributed by atoms with E-state index in [1.54, 1.807) is 0 Å². The van der Waals surface area contributed by atoms with Gasteiger partial charge in [0.25, 0.3) is 0 Å². The molecule has 0 atom stereocenters. The quantitative estimate of drug-likeness (QED) is 0.617. The highest BCUT2D eigenvalue weighted by Crippen LogP contribution is 2.47. The number of halogens is 8. The first-order valence-electron chi connectivity index (χ1n) is 4.40. The third-order valence-electron chi connectivity index (χ3n) is 2.21. The second kappa shape index (κ2) is 3.99. The number of hydrogen-bond acceptors (Lipinski definition) is 0. The summed E-state index contributed by atoms with van der Waals surface area (Å²) >= 11 is 0. The van der Waals surface area contributed by atoms with Crippen molar-refractivity contribution in [2.45, 2.75) is 31.1 Å². The van der Waals surface area contributed by atoms with Gasteiger partial charge in [0, 0.05) is 11.1 Å². The Morgan fingerprint density at radius 3 is 1.82 bits per heavy atom. The molecule has 17 heavy (non-hydrogen) atoms. The van der Waals surface area contributed by atoms with E-state index < -0.39 is 35.8 Å². The van der Waals surface area contributed by atoms with Crippen molar-refractivity contribution in [2.75, 3.05) is 0 Å². The highest BCUT2D eigenvalue weighted by atomic mass is 19.4. The van der Waals surface area contributed by atoms with Gasteiger partial charge in [0.05, 0.1) is 0 Å². The van der Waals surface area contributed by atoms with Gasteiger partial charge in [-0.3, -0.25) is 0 Å². The first-order chi connectivity index (χ1) is 7.48. The minimum absolute atomic E-state index is 0.194. The smallest absolute Gasteiger partial charge is 0.191 e. The second-order valence-corrected chi connectivity index (χ2v) is 3.40. The molecule has 98 valence electrons. The average Bonchev–Trinajstić information content (AvgIpc) is 2.14. The third-order valence-corrected chi connectivity index (χ3v) is 2.21. The molecule has 0 aromatic heterocycles. The van der Waals surface area contributed by atoms with E-state index in [0.29, 0.717) is 0 Å². The maximum absolute atomic E-state index is 12.9. The van der Waals surface area contributed by atoms with Gasteiger partial charge in [-0.05, 0) is 12.8 Å². The Balaban J connectivity index is 3.34. The molecule has 0 saturated heterocycles. The molecule has 8 heteroatoms. The summed E-state index contributed by atoms with van der Waals surface area (Å²) in [5.41, 5.74) is -3.83. The fourth-order valence-electron chi connectivity index (χ4n) is 1.41. The summed E-state index contributed by atoms with van der Waals surface area (Å²) in [7, 11) is 0. The lowest BCUT2D eigenvalue weighted by Crippen LogP contribution is -2.40. The number of hydrogen-bond donors (Lipinski definition) is 0. The molecule has 0 radical (unpaired) electrons. The second-order valence-electron chi connectivity index (χ2n) is 3.40. The topological polar surface area (TPSA) is 0 Å². The van der Waals surface area contributed by atoms with E-state index in [-0.39, 0.29) is 12.5 Å². The molecule has 0 unspecified atom stereocenters. The zero-order valence-electron chi connectivity index (χ0n) is 8.09. The molecule has 0 aromatic carbocycles. The summed E-state index contributed by atoms with van der Waals surface area (Å²) in [5.74, 6) is -5.49. The monoisotopic (exact) mass is 266 g/mol. The maximum Gasteiger partial charge on any atom is 0.458 e. The summed E-state index contributed by atoms with van der Waals surface area (Å²) < 4.78 is 98.7. The predicted molar refractivity (Wildman–Crippen MR) is 42.5 cm³/mol.